The lowest BCUT2D eigenvalue weighted by molar-refractivity contribution is 0.0786. The Kier molecular flexibility index (Phi) is 3.64. The van der Waals surface area contributed by atoms with Gasteiger partial charge in [-0.05, 0) is 40.9 Å². The van der Waals surface area contributed by atoms with Gasteiger partial charge in [-0.25, -0.2) is 0 Å². The molecule has 92 valence electrons. The maximum atomic E-state index is 12.3. The molecule has 17 heavy (non-hydrogen) atoms. The Morgan fingerprint density at radius 1 is 1.53 bits per heavy atom. The van der Waals surface area contributed by atoms with Crippen molar-refractivity contribution in [2.75, 3.05) is 19.4 Å². The third kappa shape index (κ3) is 2.58. The monoisotopic (exact) mass is 316 g/mol. The zero-order valence-electron chi connectivity index (χ0n) is 9.76. The Labute approximate surface area is 114 Å². The SMILES string of the molecule is CNc1c(Br)cc(Cl)cc1C(=O)N(C)C1CC1. The molecule has 1 fully saturated rings. The highest BCUT2D eigenvalue weighted by Crippen LogP contribution is 2.33. The van der Waals surface area contributed by atoms with Gasteiger partial charge in [0, 0.05) is 29.6 Å². The van der Waals surface area contributed by atoms with Gasteiger partial charge in [-0.1, -0.05) is 11.6 Å². The van der Waals surface area contributed by atoms with Gasteiger partial charge in [-0.3, -0.25) is 4.79 Å². The fraction of sp³-hybridized carbons (Fsp3) is 0.417. The number of nitrogens with zero attached hydrogens (tertiary/aromatic N) is 1. The van der Waals surface area contributed by atoms with Gasteiger partial charge in [-0.15, -0.1) is 0 Å². The van der Waals surface area contributed by atoms with Gasteiger partial charge in [-0.2, -0.15) is 0 Å². The molecule has 0 spiro atoms. The minimum atomic E-state index is 0.0139. The Morgan fingerprint density at radius 3 is 2.71 bits per heavy atom. The van der Waals surface area contributed by atoms with Crippen molar-refractivity contribution >= 4 is 39.1 Å². The molecule has 1 N–H and O–H groups in total. The summed E-state index contributed by atoms with van der Waals surface area (Å²) in [6, 6.07) is 3.88. The Bertz CT molecular complexity index is 460. The van der Waals surface area contributed by atoms with Crippen molar-refractivity contribution in [1.29, 1.82) is 0 Å². The zero-order chi connectivity index (χ0) is 12.6. The first-order valence-corrected chi connectivity index (χ1v) is 6.65. The highest BCUT2D eigenvalue weighted by Gasteiger charge is 2.31. The molecule has 0 unspecified atom stereocenters. The van der Waals surface area contributed by atoms with Crippen LogP contribution >= 0.6 is 27.5 Å². The van der Waals surface area contributed by atoms with E-state index in [0.717, 1.165) is 23.0 Å². The highest BCUT2D eigenvalue weighted by atomic mass is 79.9. The summed E-state index contributed by atoms with van der Waals surface area (Å²) in [4.78, 5) is 14.1. The van der Waals surface area contributed by atoms with Crippen LogP contribution < -0.4 is 5.32 Å². The van der Waals surface area contributed by atoms with E-state index in [4.69, 9.17) is 11.6 Å². The molecule has 1 aromatic rings. The van der Waals surface area contributed by atoms with Gasteiger partial charge < -0.3 is 10.2 Å². The maximum absolute atomic E-state index is 12.3. The van der Waals surface area contributed by atoms with E-state index in [1.807, 2.05) is 7.05 Å². The van der Waals surface area contributed by atoms with Crippen LogP contribution in [0.1, 0.15) is 23.2 Å². The van der Waals surface area contributed by atoms with E-state index in [0.29, 0.717) is 16.6 Å². The molecule has 1 amide bonds. The van der Waals surface area contributed by atoms with Gasteiger partial charge in [0.05, 0.1) is 11.3 Å². The van der Waals surface area contributed by atoms with Crippen LogP contribution in [0.2, 0.25) is 5.02 Å². The molecule has 0 atom stereocenters. The van der Waals surface area contributed by atoms with Crippen molar-refractivity contribution in [2.24, 2.45) is 0 Å². The van der Waals surface area contributed by atoms with Crippen molar-refractivity contribution < 1.29 is 4.79 Å². The quantitative estimate of drug-likeness (QED) is 0.927. The van der Waals surface area contributed by atoms with E-state index in [1.165, 1.54) is 0 Å². The van der Waals surface area contributed by atoms with E-state index in [-0.39, 0.29) is 5.91 Å². The molecule has 0 radical (unpaired) electrons. The number of halogens is 2. The second kappa shape index (κ2) is 4.86. The first kappa shape index (κ1) is 12.7. The summed E-state index contributed by atoms with van der Waals surface area (Å²) in [6.07, 6.45) is 2.19. The normalized spacial score (nSPS) is 14.6. The minimum absolute atomic E-state index is 0.0139. The standard InChI is InChI=1S/C12H14BrClN2O/c1-15-11-9(5-7(14)6-10(11)13)12(17)16(2)8-3-4-8/h5-6,8,15H,3-4H2,1-2H3. The number of anilines is 1. The van der Waals surface area contributed by atoms with Crippen LogP contribution in [-0.4, -0.2) is 30.9 Å². The molecule has 2 rings (SSSR count). The molecular weight excluding hydrogens is 304 g/mol. The van der Waals surface area contributed by atoms with Gasteiger partial charge in [0.15, 0.2) is 0 Å². The number of rotatable bonds is 3. The predicted octanol–water partition coefficient (Wildman–Crippen LogP) is 3.38. The maximum Gasteiger partial charge on any atom is 0.256 e. The van der Waals surface area contributed by atoms with Crippen molar-refractivity contribution in [1.82, 2.24) is 4.90 Å². The Morgan fingerprint density at radius 2 is 2.18 bits per heavy atom. The number of hydrogen-bond acceptors (Lipinski definition) is 2. The van der Waals surface area contributed by atoms with E-state index >= 15 is 0 Å². The molecule has 0 saturated heterocycles. The van der Waals surface area contributed by atoms with Gasteiger partial charge >= 0.3 is 0 Å². The minimum Gasteiger partial charge on any atom is -0.387 e. The molecular formula is C12H14BrClN2O. The topological polar surface area (TPSA) is 32.3 Å². The van der Waals surface area contributed by atoms with Crippen molar-refractivity contribution in [3.05, 3.63) is 27.2 Å². The summed E-state index contributed by atoms with van der Waals surface area (Å²) in [5, 5.41) is 3.59. The summed E-state index contributed by atoms with van der Waals surface area (Å²) < 4.78 is 0.806. The number of benzene rings is 1. The third-order valence-electron chi connectivity index (χ3n) is 2.95. The lowest BCUT2D eigenvalue weighted by atomic mass is 10.1. The molecule has 5 heteroatoms. The van der Waals surface area contributed by atoms with Crippen LogP contribution in [0.5, 0.6) is 0 Å². The van der Waals surface area contributed by atoms with E-state index in [2.05, 4.69) is 21.2 Å². The van der Waals surface area contributed by atoms with Crippen molar-refractivity contribution in [3.8, 4) is 0 Å². The molecule has 1 aromatic carbocycles. The van der Waals surface area contributed by atoms with E-state index < -0.39 is 0 Å². The molecule has 1 aliphatic rings. The number of carbonyl (C=O) groups excluding carboxylic acids is 1. The van der Waals surface area contributed by atoms with Crippen LogP contribution in [-0.2, 0) is 0 Å². The third-order valence-corrected chi connectivity index (χ3v) is 3.79. The lowest BCUT2D eigenvalue weighted by Crippen LogP contribution is -2.29. The Balaban J connectivity index is 2.38. The average molecular weight is 318 g/mol. The molecule has 0 heterocycles. The largest absolute Gasteiger partial charge is 0.387 e. The average Bonchev–Trinajstić information content (AvgIpc) is 3.10. The van der Waals surface area contributed by atoms with E-state index in [9.17, 15) is 4.79 Å². The number of amides is 1. The first-order chi connectivity index (χ1) is 8.04. The van der Waals surface area contributed by atoms with Crippen LogP contribution in [0.25, 0.3) is 0 Å². The van der Waals surface area contributed by atoms with Crippen molar-refractivity contribution in [2.45, 2.75) is 18.9 Å². The number of carbonyl (C=O) groups is 1. The first-order valence-electron chi connectivity index (χ1n) is 5.48. The summed E-state index contributed by atoms with van der Waals surface area (Å²) >= 11 is 9.41. The molecule has 1 aliphatic carbocycles. The fourth-order valence-electron chi connectivity index (χ4n) is 1.81. The van der Waals surface area contributed by atoms with Crippen LogP contribution in [0.15, 0.2) is 16.6 Å². The van der Waals surface area contributed by atoms with Gasteiger partial charge in [0.25, 0.3) is 5.91 Å². The van der Waals surface area contributed by atoms with Gasteiger partial charge in [0.1, 0.15) is 0 Å². The smallest absolute Gasteiger partial charge is 0.256 e. The Hall–Kier alpha value is -0.740. The van der Waals surface area contributed by atoms with Gasteiger partial charge in [0.2, 0.25) is 0 Å². The molecule has 0 aromatic heterocycles. The molecule has 0 bridgehead atoms. The zero-order valence-corrected chi connectivity index (χ0v) is 12.1. The fourth-order valence-corrected chi connectivity index (χ4v) is 2.82. The summed E-state index contributed by atoms with van der Waals surface area (Å²) in [7, 11) is 3.64. The van der Waals surface area contributed by atoms with Crippen LogP contribution in [0.3, 0.4) is 0 Å². The van der Waals surface area contributed by atoms with Crippen molar-refractivity contribution in [3.63, 3.8) is 0 Å². The second-order valence-corrected chi connectivity index (χ2v) is 5.50. The lowest BCUT2D eigenvalue weighted by Gasteiger charge is -2.19. The molecule has 0 aliphatic heterocycles. The molecule has 3 nitrogen and oxygen atoms in total. The van der Waals surface area contributed by atoms with Crippen LogP contribution in [0, 0.1) is 0 Å². The summed E-state index contributed by atoms with van der Waals surface area (Å²) in [6.45, 7) is 0. The number of hydrogen-bond donors (Lipinski definition) is 1. The second-order valence-electron chi connectivity index (χ2n) is 4.21. The highest BCUT2D eigenvalue weighted by molar-refractivity contribution is 9.10. The number of nitrogens with one attached hydrogen (secondary N) is 1. The predicted molar refractivity (Wildman–Crippen MR) is 73.8 cm³/mol. The summed E-state index contributed by atoms with van der Waals surface area (Å²) in [5.74, 6) is 0.0139. The van der Waals surface area contributed by atoms with E-state index in [1.54, 1.807) is 24.1 Å². The summed E-state index contributed by atoms with van der Waals surface area (Å²) in [5.41, 5.74) is 1.40. The molecule has 1 saturated carbocycles. The van der Waals surface area contributed by atoms with Crippen LogP contribution in [0.4, 0.5) is 5.69 Å².